The van der Waals surface area contributed by atoms with Crippen LogP contribution in [0.3, 0.4) is 0 Å². The molecule has 3 aromatic rings. The highest BCUT2D eigenvalue weighted by Crippen LogP contribution is 2.26. The first-order chi connectivity index (χ1) is 13.1. The van der Waals surface area contributed by atoms with Crippen LogP contribution < -0.4 is 0 Å². The molecular weight excluding hydrogens is 368 g/mol. The monoisotopic (exact) mass is 386 g/mol. The first kappa shape index (κ1) is 17.5. The van der Waals surface area contributed by atoms with E-state index in [9.17, 15) is 9.59 Å². The van der Waals surface area contributed by atoms with Crippen LogP contribution in [0.1, 0.15) is 34.9 Å². The van der Waals surface area contributed by atoms with E-state index < -0.39 is 5.97 Å². The molecule has 9 heteroatoms. The van der Waals surface area contributed by atoms with Crippen LogP contribution in [0, 0.1) is 0 Å². The number of carboxylic acid groups (broad SMARTS) is 1. The van der Waals surface area contributed by atoms with E-state index in [1.807, 2.05) is 16.3 Å². The van der Waals surface area contributed by atoms with Crippen molar-refractivity contribution in [1.29, 1.82) is 0 Å². The molecule has 0 atom stereocenters. The Morgan fingerprint density at radius 2 is 2.15 bits per heavy atom. The zero-order valence-corrected chi connectivity index (χ0v) is 15.3. The van der Waals surface area contributed by atoms with E-state index in [1.54, 1.807) is 23.4 Å². The maximum absolute atomic E-state index is 12.6. The number of carboxylic acids is 1. The van der Waals surface area contributed by atoms with Gasteiger partial charge in [0.2, 0.25) is 5.91 Å². The van der Waals surface area contributed by atoms with Crippen LogP contribution in [0.5, 0.6) is 0 Å². The summed E-state index contributed by atoms with van der Waals surface area (Å²) in [7, 11) is 0. The Kier molecular flexibility index (Phi) is 4.76. The maximum atomic E-state index is 12.6. The average molecular weight is 386 g/mol. The Bertz CT molecular complexity index is 938. The minimum atomic E-state index is -0.980. The summed E-state index contributed by atoms with van der Waals surface area (Å²) in [6.45, 7) is 1.26. The molecule has 1 amide bonds. The van der Waals surface area contributed by atoms with Crippen LogP contribution >= 0.6 is 11.3 Å². The lowest BCUT2D eigenvalue weighted by molar-refractivity contribution is -0.131. The molecule has 4 heterocycles. The van der Waals surface area contributed by atoms with Gasteiger partial charge in [0, 0.05) is 30.2 Å². The number of carbonyl (C=O) groups is 2. The predicted octanol–water partition coefficient (Wildman–Crippen LogP) is 2.70. The molecular formula is C18H18N4O4S. The smallest absolute Gasteiger partial charge is 0.338 e. The highest BCUT2D eigenvalue weighted by atomic mass is 32.1. The molecule has 1 aliphatic heterocycles. The molecule has 1 saturated heterocycles. The number of carbonyl (C=O) groups excluding carboxylic acids is 1. The largest absolute Gasteiger partial charge is 0.478 e. The second kappa shape index (κ2) is 7.36. The number of amides is 1. The molecule has 0 spiro atoms. The molecule has 27 heavy (non-hydrogen) atoms. The van der Waals surface area contributed by atoms with Crippen molar-refractivity contribution in [2.45, 2.75) is 25.3 Å². The van der Waals surface area contributed by atoms with Crippen LogP contribution in [-0.2, 0) is 11.2 Å². The topological polar surface area (TPSA) is 101 Å². The summed E-state index contributed by atoms with van der Waals surface area (Å²) < 4.78 is 6.76. The Morgan fingerprint density at radius 3 is 2.81 bits per heavy atom. The Labute approximate surface area is 159 Å². The fraction of sp³-hybridized carbons (Fsp3) is 0.333. The number of aromatic carboxylic acids is 1. The van der Waals surface area contributed by atoms with Crippen molar-refractivity contribution >= 4 is 23.2 Å². The summed E-state index contributed by atoms with van der Waals surface area (Å²) in [5, 5.41) is 15.9. The third-order valence-corrected chi connectivity index (χ3v) is 5.63. The number of likely N-dealkylation sites (tertiary alicyclic amines) is 1. The van der Waals surface area contributed by atoms with Crippen molar-refractivity contribution in [3.8, 4) is 10.6 Å². The summed E-state index contributed by atoms with van der Waals surface area (Å²) >= 11 is 1.50. The molecule has 1 fully saturated rings. The first-order valence-electron chi connectivity index (χ1n) is 8.62. The third kappa shape index (κ3) is 3.77. The minimum absolute atomic E-state index is 0.0594. The molecule has 1 N–H and O–H groups in total. The van der Waals surface area contributed by atoms with Gasteiger partial charge in [0.25, 0.3) is 0 Å². The van der Waals surface area contributed by atoms with Crippen molar-refractivity contribution in [3.63, 3.8) is 0 Å². The van der Waals surface area contributed by atoms with Crippen LogP contribution in [0.4, 0.5) is 0 Å². The average Bonchev–Trinajstić information content (AvgIpc) is 3.42. The lowest BCUT2D eigenvalue weighted by atomic mass is 10.0. The van der Waals surface area contributed by atoms with E-state index in [-0.39, 0.29) is 23.9 Å². The summed E-state index contributed by atoms with van der Waals surface area (Å²) in [5.74, 6) is -0.920. The zero-order chi connectivity index (χ0) is 18.8. The minimum Gasteiger partial charge on any atom is -0.478 e. The van der Waals surface area contributed by atoms with E-state index in [0.717, 1.165) is 29.1 Å². The number of hydrogen-bond acceptors (Lipinski definition) is 6. The van der Waals surface area contributed by atoms with Gasteiger partial charge in [-0.05, 0) is 18.9 Å². The second-order valence-corrected chi connectivity index (χ2v) is 7.32. The molecule has 0 radical (unpaired) electrons. The Balaban J connectivity index is 1.32. The number of furan rings is 1. The Hall–Kier alpha value is -2.94. The van der Waals surface area contributed by atoms with Gasteiger partial charge in [-0.25, -0.2) is 9.78 Å². The molecule has 8 nitrogen and oxygen atoms in total. The number of aromatic nitrogens is 3. The quantitative estimate of drug-likeness (QED) is 0.723. The molecule has 0 unspecified atom stereocenters. The van der Waals surface area contributed by atoms with Crippen molar-refractivity contribution in [2.24, 2.45) is 0 Å². The Morgan fingerprint density at radius 1 is 1.33 bits per heavy atom. The molecule has 0 aromatic carbocycles. The van der Waals surface area contributed by atoms with Crippen molar-refractivity contribution < 1.29 is 19.1 Å². The SMILES string of the molecule is O=C(O)c1cnn(C2CCN(C(=O)Cc3csc(-c4ccoc4)n3)CC2)c1. The van der Waals surface area contributed by atoms with Gasteiger partial charge in [-0.15, -0.1) is 11.3 Å². The van der Waals surface area contributed by atoms with Crippen molar-refractivity contribution in [2.75, 3.05) is 13.1 Å². The van der Waals surface area contributed by atoms with Gasteiger partial charge in [-0.3, -0.25) is 9.48 Å². The summed E-state index contributed by atoms with van der Waals surface area (Å²) in [6, 6.07) is 1.97. The zero-order valence-electron chi connectivity index (χ0n) is 14.4. The van der Waals surface area contributed by atoms with E-state index in [1.165, 1.54) is 17.5 Å². The van der Waals surface area contributed by atoms with Gasteiger partial charge < -0.3 is 14.4 Å². The molecule has 3 aromatic heterocycles. The van der Waals surface area contributed by atoms with Crippen molar-refractivity contribution in [1.82, 2.24) is 19.7 Å². The highest BCUT2D eigenvalue weighted by Gasteiger charge is 2.25. The first-order valence-corrected chi connectivity index (χ1v) is 9.50. The summed E-state index contributed by atoms with van der Waals surface area (Å²) in [5.41, 5.74) is 1.87. The summed E-state index contributed by atoms with van der Waals surface area (Å²) in [4.78, 5) is 29.9. The molecule has 140 valence electrons. The maximum Gasteiger partial charge on any atom is 0.338 e. The predicted molar refractivity (Wildman–Crippen MR) is 97.6 cm³/mol. The van der Waals surface area contributed by atoms with E-state index in [2.05, 4.69) is 10.1 Å². The standard InChI is InChI=1S/C18H18N4O4S/c23-16(7-14-11-27-17(20-14)12-3-6-26-10-12)21-4-1-15(2-5-21)22-9-13(8-19-22)18(24)25/h3,6,8-11,15H,1-2,4-5,7H2,(H,24,25). The highest BCUT2D eigenvalue weighted by molar-refractivity contribution is 7.13. The molecule has 0 aliphatic carbocycles. The van der Waals surface area contributed by atoms with E-state index >= 15 is 0 Å². The number of hydrogen-bond donors (Lipinski definition) is 1. The number of nitrogens with zero attached hydrogens (tertiary/aromatic N) is 4. The van der Waals surface area contributed by atoms with Crippen LogP contribution in [0.25, 0.3) is 10.6 Å². The molecule has 4 rings (SSSR count). The number of rotatable bonds is 5. The van der Waals surface area contributed by atoms with Gasteiger partial charge in [0.1, 0.15) is 11.3 Å². The normalized spacial score (nSPS) is 15.2. The van der Waals surface area contributed by atoms with E-state index in [4.69, 9.17) is 9.52 Å². The molecule has 1 aliphatic rings. The van der Waals surface area contributed by atoms with E-state index in [0.29, 0.717) is 13.1 Å². The van der Waals surface area contributed by atoms with Gasteiger partial charge in [0.05, 0.1) is 36.2 Å². The number of thiazole rings is 1. The van der Waals surface area contributed by atoms with Crippen molar-refractivity contribution in [3.05, 3.63) is 47.6 Å². The lowest BCUT2D eigenvalue weighted by Crippen LogP contribution is -2.40. The van der Waals surface area contributed by atoms with Gasteiger partial charge in [-0.1, -0.05) is 0 Å². The number of piperidine rings is 1. The van der Waals surface area contributed by atoms with Gasteiger partial charge >= 0.3 is 5.97 Å². The molecule has 0 bridgehead atoms. The van der Waals surface area contributed by atoms with Crippen LogP contribution in [0.15, 0.2) is 40.8 Å². The fourth-order valence-corrected chi connectivity index (χ4v) is 4.01. The molecule has 0 saturated carbocycles. The fourth-order valence-electron chi connectivity index (χ4n) is 3.20. The van der Waals surface area contributed by atoms with Crippen LogP contribution in [0.2, 0.25) is 0 Å². The van der Waals surface area contributed by atoms with Gasteiger partial charge in [0.15, 0.2) is 0 Å². The summed E-state index contributed by atoms with van der Waals surface area (Å²) in [6.07, 6.45) is 7.94. The van der Waals surface area contributed by atoms with Gasteiger partial charge in [-0.2, -0.15) is 5.10 Å². The second-order valence-electron chi connectivity index (χ2n) is 6.46. The third-order valence-electron chi connectivity index (χ3n) is 4.69. The lowest BCUT2D eigenvalue weighted by Gasteiger charge is -2.32. The van der Waals surface area contributed by atoms with Crippen LogP contribution in [-0.4, -0.2) is 49.7 Å².